The summed E-state index contributed by atoms with van der Waals surface area (Å²) >= 11 is 0. The van der Waals surface area contributed by atoms with Crippen LogP contribution in [-0.2, 0) is 20.7 Å². The van der Waals surface area contributed by atoms with Gasteiger partial charge < -0.3 is 14.6 Å². The van der Waals surface area contributed by atoms with Gasteiger partial charge in [0.05, 0.1) is 13.2 Å². The Labute approximate surface area is 121 Å². The van der Waals surface area contributed by atoms with E-state index in [1.54, 1.807) is 4.90 Å². The Morgan fingerprint density at radius 3 is 3.00 bits per heavy atom. The summed E-state index contributed by atoms with van der Waals surface area (Å²) in [6.07, 6.45) is 1.77. The van der Waals surface area contributed by atoms with Crippen LogP contribution in [0.15, 0.2) is 24.3 Å². The molecule has 0 aliphatic carbocycles. The third kappa shape index (κ3) is 1.63. The van der Waals surface area contributed by atoms with Crippen LogP contribution >= 0.6 is 0 Å². The van der Waals surface area contributed by atoms with Gasteiger partial charge in [-0.2, -0.15) is 0 Å². The number of ether oxygens (including phenoxy) is 1. The van der Waals surface area contributed by atoms with E-state index in [4.69, 9.17) is 4.74 Å². The molecule has 3 heterocycles. The van der Waals surface area contributed by atoms with Crippen LogP contribution in [0.25, 0.3) is 10.9 Å². The maximum atomic E-state index is 12.2. The molecule has 1 fully saturated rings. The van der Waals surface area contributed by atoms with Crippen LogP contribution in [0.2, 0.25) is 0 Å². The van der Waals surface area contributed by atoms with E-state index in [1.165, 1.54) is 7.11 Å². The number of benzene rings is 1. The molecule has 1 aromatic carbocycles. The maximum absolute atomic E-state index is 12.2. The molecule has 0 spiro atoms. The van der Waals surface area contributed by atoms with Gasteiger partial charge in [-0.15, -0.1) is 0 Å². The fourth-order valence-corrected chi connectivity index (χ4v) is 3.73. The molecule has 2 aliphatic heterocycles. The lowest BCUT2D eigenvalue weighted by atomic mass is 9.92. The number of aromatic nitrogens is 1. The van der Waals surface area contributed by atoms with E-state index >= 15 is 0 Å². The average molecular weight is 284 g/mol. The number of esters is 1. The molecule has 108 valence electrons. The molecule has 5 nitrogen and oxygen atoms in total. The van der Waals surface area contributed by atoms with Crippen LogP contribution in [0.4, 0.5) is 0 Å². The van der Waals surface area contributed by atoms with Crippen LogP contribution < -0.4 is 0 Å². The summed E-state index contributed by atoms with van der Waals surface area (Å²) in [6.45, 7) is 0. The largest absolute Gasteiger partial charge is 0.467 e. The molecule has 1 N–H and O–H groups in total. The first kappa shape index (κ1) is 12.4. The lowest BCUT2D eigenvalue weighted by Crippen LogP contribution is -2.48. The second-order valence-electron chi connectivity index (χ2n) is 5.66. The third-order valence-electron chi connectivity index (χ3n) is 4.64. The maximum Gasteiger partial charge on any atom is 0.328 e. The molecular weight excluding hydrogens is 268 g/mol. The van der Waals surface area contributed by atoms with Crippen molar-refractivity contribution in [3.05, 3.63) is 35.5 Å². The van der Waals surface area contributed by atoms with Crippen molar-refractivity contribution in [3.63, 3.8) is 0 Å². The quantitative estimate of drug-likeness (QED) is 0.814. The van der Waals surface area contributed by atoms with Crippen molar-refractivity contribution in [1.29, 1.82) is 0 Å². The number of H-pyrrole nitrogens is 1. The van der Waals surface area contributed by atoms with E-state index in [2.05, 4.69) is 11.1 Å². The van der Waals surface area contributed by atoms with Crippen molar-refractivity contribution in [2.75, 3.05) is 7.11 Å². The summed E-state index contributed by atoms with van der Waals surface area (Å²) in [5.41, 5.74) is 3.30. The topological polar surface area (TPSA) is 62.4 Å². The normalized spacial score (nSPS) is 24.0. The highest BCUT2D eigenvalue weighted by Gasteiger charge is 2.46. The first-order chi connectivity index (χ1) is 10.2. The van der Waals surface area contributed by atoms with Gasteiger partial charge in [-0.05, 0) is 18.1 Å². The Morgan fingerprint density at radius 2 is 2.19 bits per heavy atom. The molecule has 21 heavy (non-hydrogen) atoms. The number of nitrogens with zero attached hydrogens (tertiary/aromatic N) is 1. The molecule has 5 heteroatoms. The summed E-state index contributed by atoms with van der Waals surface area (Å²) < 4.78 is 4.91. The van der Waals surface area contributed by atoms with Crippen molar-refractivity contribution in [3.8, 4) is 0 Å². The molecule has 1 saturated heterocycles. The van der Waals surface area contributed by atoms with Crippen LogP contribution in [0.3, 0.4) is 0 Å². The van der Waals surface area contributed by atoms with Gasteiger partial charge in [0.1, 0.15) is 6.04 Å². The fourth-order valence-electron chi connectivity index (χ4n) is 3.73. The summed E-state index contributed by atoms with van der Waals surface area (Å²) in [5, 5.41) is 1.14. The first-order valence-electron chi connectivity index (χ1n) is 7.19. The number of amides is 1. The average Bonchev–Trinajstić information content (AvgIpc) is 3.07. The summed E-state index contributed by atoms with van der Waals surface area (Å²) in [4.78, 5) is 29.4. The van der Waals surface area contributed by atoms with Crippen molar-refractivity contribution in [2.45, 2.75) is 31.3 Å². The Morgan fingerprint density at radius 1 is 1.38 bits per heavy atom. The van der Waals surface area contributed by atoms with E-state index in [-0.39, 0.29) is 17.9 Å². The lowest BCUT2D eigenvalue weighted by Gasteiger charge is -2.36. The van der Waals surface area contributed by atoms with E-state index in [0.717, 1.165) is 28.6 Å². The summed E-state index contributed by atoms with van der Waals surface area (Å²) in [6, 6.07) is 7.54. The predicted molar refractivity (Wildman–Crippen MR) is 76.6 cm³/mol. The molecule has 0 saturated carbocycles. The van der Waals surface area contributed by atoms with Gasteiger partial charge in [0.15, 0.2) is 0 Å². The highest BCUT2D eigenvalue weighted by molar-refractivity contribution is 5.91. The van der Waals surface area contributed by atoms with Crippen molar-refractivity contribution in [2.24, 2.45) is 0 Å². The molecule has 0 unspecified atom stereocenters. The minimum atomic E-state index is -0.498. The Balaban J connectivity index is 1.90. The second-order valence-corrected chi connectivity index (χ2v) is 5.66. The smallest absolute Gasteiger partial charge is 0.328 e. The molecule has 2 atom stereocenters. The number of rotatable bonds is 1. The molecule has 1 aromatic heterocycles. The molecule has 1 amide bonds. The van der Waals surface area contributed by atoms with Gasteiger partial charge >= 0.3 is 5.97 Å². The standard InChI is InChI=1S/C16H16N2O3/c1-21-16(20)13-8-10-9-4-2-3-5-11(9)17-15(10)12-6-7-14(19)18(12)13/h2-5,12-13,17H,6-8H2,1H3/t12-,13-/m0/s1. The van der Waals surface area contributed by atoms with Crippen LogP contribution in [0.1, 0.15) is 30.1 Å². The van der Waals surface area contributed by atoms with Crippen LogP contribution in [0, 0.1) is 0 Å². The zero-order chi connectivity index (χ0) is 14.6. The van der Waals surface area contributed by atoms with E-state index in [0.29, 0.717) is 12.8 Å². The van der Waals surface area contributed by atoms with Crippen molar-refractivity contribution < 1.29 is 14.3 Å². The SMILES string of the molecule is COC(=O)[C@@H]1Cc2c([nH]c3ccccc23)[C@@H]2CCC(=O)N12. The molecule has 2 aliphatic rings. The van der Waals surface area contributed by atoms with E-state index in [9.17, 15) is 9.59 Å². The third-order valence-corrected chi connectivity index (χ3v) is 4.64. The van der Waals surface area contributed by atoms with Crippen LogP contribution in [0.5, 0.6) is 0 Å². The van der Waals surface area contributed by atoms with E-state index < -0.39 is 6.04 Å². The van der Waals surface area contributed by atoms with Gasteiger partial charge in [-0.25, -0.2) is 4.79 Å². The Bertz CT molecular complexity index is 749. The fraction of sp³-hybridized carbons (Fsp3) is 0.375. The molecule has 0 radical (unpaired) electrons. The monoisotopic (exact) mass is 284 g/mol. The number of para-hydroxylation sites is 1. The molecule has 2 aromatic rings. The van der Waals surface area contributed by atoms with E-state index in [1.807, 2.05) is 18.2 Å². The summed E-state index contributed by atoms with van der Waals surface area (Å²) in [7, 11) is 1.38. The van der Waals surface area contributed by atoms with Gasteiger partial charge in [0.2, 0.25) is 5.91 Å². The Kier molecular flexibility index (Phi) is 2.58. The number of fused-ring (bicyclic) bond motifs is 5. The summed E-state index contributed by atoms with van der Waals surface area (Å²) in [5.74, 6) is -0.286. The van der Waals surface area contributed by atoms with Crippen molar-refractivity contribution >= 4 is 22.8 Å². The Hall–Kier alpha value is -2.30. The number of carbonyl (C=O) groups is 2. The minimum absolute atomic E-state index is 0.0299. The number of hydrogen-bond donors (Lipinski definition) is 1. The predicted octanol–water partition coefficient (Wildman–Crippen LogP) is 1.93. The zero-order valence-electron chi connectivity index (χ0n) is 11.8. The molecular formula is C16H16N2O3. The number of hydrogen-bond acceptors (Lipinski definition) is 3. The number of nitrogens with one attached hydrogen (secondary N) is 1. The molecule has 4 rings (SSSR count). The highest BCUT2D eigenvalue weighted by atomic mass is 16.5. The van der Waals surface area contributed by atoms with Gasteiger partial charge in [0, 0.05) is 29.4 Å². The van der Waals surface area contributed by atoms with Crippen LogP contribution in [-0.4, -0.2) is 34.9 Å². The van der Waals surface area contributed by atoms with Gasteiger partial charge in [-0.3, -0.25) is 4.79 Å². The molecule has 0 bridgehead atoms. The second kappa shape index (κ2) is 4.35. The number of methoxy groups -OCH3 is 1. The van der Waals surface area contributed by atoms with Gasteiger partial charge in [0.25, 0.3) is 0 Å². The number of carbonyl (C=O) groups excluding carboxylic acids is 2. The zero-order valence-corrected chi connectivity index (χ0v) is 11.8. The number of aromatic amines is 1. The first-order valence-corrected chi connectivity index (χ1v) is 7.19. The van der Waals surface area contributed by atoms with Gasteiger partial charge in [-0.1, -0.05) is 18.2 Å². The lowest BCUT2D eigenvalue weighted by molar-refractivity contribution is -0.153. The van der Waals surface area contributed by atoms with Crippen molar-refractivity contribution in [1.82, 2.24) is 9.88 Å². The minimum Gasteiger partial charge on any atom is -0.467 e. The highest BCUT2D eigenvalue weighted by Crippen LogP contribution is 2.43.